The number of carbonyl (C=O) groups is 2. The lowest BCUT2D eigenvalue weighted by molar-refractivity contribution is 0.102. The van der Waals surface area contributed by atoms with Gasteiger partial charge in [0.25, 0.3) is 0 Å². The van der Waals surface area contributed by atoms with Crippen LogP contribution in [0.15, 0.2) is 72.8 Å². The van der Waals surface area contributed by atoms with Gasteiger partial charge in [0.15, 0.2) is 0 Å². The number of H-pyrrole nitrogens is 2. The van der Waals surface area contributed by atoms with Gasteiger partial charge in [0.2, 0.25) is 11.6 Å². The van der Waals surface area contributed by atoms with Crippen molar-refractivity contribution in [2.75, 3.05) is 0 Å². The first-order chi connectivity index (χ1) is 16.4. The highest BCUT2D eigenvalue weighted by molar-refractivity contribution is 6.08. The van der Waals surface area contributed by atoms with Crippen LogP contribution in [-0.2, 0) is 17.3 Å². The lowest BCUT2D eigenvalue weighted by Gasteiger charge is -2.18. The lowest BCUT2D eigenvalue weighted by Crippen LogP contribution is -2.11. The Morgan fingerprint density at radius 2 is 0.886 bits per heavy atom. The zero-order valence-corrected chi connectivity index (χ0v) is 21.5. The zero-order valence-electron chi connectivity index (χ0n) is 21.5. The van der Waals surface area contributed by atoms with Gasteiger partial charge in [-0.1, -0.05) is 90.1 Å². The maximum Gasteiger partial charge on any atom is 0.209 e. The molecule has 0 aliphatic carbocycles. The molecule has 0 amide bonds. The van der Waals surface area contributed by atoms with Crippen LogP contribution < -0.4 is 0 Å². The fourth-order valence-electron chi connectivity index (χ4n) is 4.11. The highest BCUT2D eigenvalue weighted by atomic mass is 16.1. The van der Waals surface area contributed by atoms with Gasteiger partial charge in [0, 0.05) is 28.9 Å². The van der Waals surface area contributed by atoms with E-state index in [4.69, 9.17) is 0 Å². The van der Waals surface area contributed by atoms with E-state index in [-0.39, 0.29) is 22.4 Å². The van der Waals surface area contributed by atoms with E-state index in [0.717, 1.165) is 11.4 Å². The molecule has 0 saturated heterocycles. The summed E-state index contributed by atoms with van der Waals surface area (Å²) in [4.78, 5) is 32.3. The molecule has 35 heavy (non-hydrogen) atoms. The second-order valence-corrected chi connectivity index (χ2v) is 11.3. The molecule has 2 N–H and O–H groups in total. The number of nitrogens with one attached hydrogen (secondary N) is 2. The smallest absolute Gasteiger partial charge is 0.209 e. The van der Waals surface area contributed by atoms with Crippen LogP contribution in [0.1, 0.15) is 96.2 Å². The van der Waals surface area contributed by atoms with Crippen molar-refractivity contribution >= 4 is 11.6 Å². The van der Waals surface area contributed by atoms with Crippen LogP contribution in [0, 0.1) is 0 Å². The topological polar surface area (TPSA) is 65.7 Å². The molecule has 4 heteroatoms. The summed E-state index contributed by atoms with van der Waals surface area (Å²) < 4.78 is 0. The van der Waals surface area contributed by atoms with E-state index in [1.807, 2.05) is 72.8 Å². The van der Waals surface area contributed by atoms with Crippen molar-refractivity contribution in [1.82, 2.24) is 9.97 Å². The summed E-state index contributed by atoms with van der Waals surface area (Å²) >= 11 is 0. The van der Waals surface area contributed by atoms with Gasteiger partial charge in [-0.3, -0.25) is 9.59 Å². The Labute approximate surface area is 207 Å². The Morgan fingerprint density at radius 1 is 0.543 bits per heavy atom. The molecule has 0 unspecified atom stereocenters. The summed E-state index contributed by atoms with van der Waals surface area (Å²) in [6.45, 7) is 12.9. The molecule has 0 saturated carbocycles. The van der Waals surface area contributed by atoms with Crippen LogP contribution in [0.25, 0.3) is 0 Å². The van der Waals surface area contributed by atoms with E-state index in [9.17, 15) is 9.59 Å². The van der Waals surface area contributed by atoms with Crippen LogP contribution in [0.3, 0.4) is 0 Å². The first kappa shape index (κ1) is 24.5. The van der Waals surface area contributed by atoms with Gasteiger partial charge in [-0.25, -0.2) is 0 Å². The number of benzene rings is 2. The van der Waals surface area contributed by atoms with E-state index in [2.05, 4.69) is 51.5 Å². The van der Waals surface area contributed by atoms with Gasteiger partial charge < -0.3 is 9.97 Å². The second kappa shape index (κ2) is 9.18. The summed E-state index contributed by atoms with van der Waals surface area (Å²) in [5.74, 6) is -0.0597. The van der Waals surface area contributed by atoms with Crippen LogP contribution in [0.2, 0.25) is 0 Å². The van der Waals surface area contributed by atoms with E-state index < -0.39 is 0 Å². The number of aromatic amines is 2. The van der Waals surface area contributed by atoms with Crippen molar-refractivity contribution in [3.63, 3.8) is 0 Å². The maximum absolute atomic E-state index is 12.9. The van der Waals surface area contributed by atoms with Crippen molar-refractivity contribution in [3.05, 3.63) is 118 Å². The van der Waals surface area contributed by atoms with E-state index >= 15 is 0 Å². The minimum Gasteiger partial charge on any atom is -0.355 e. The number of rotatable bonds is 6. The van der Waals surface area contributed by atoms with E-state index in [0.29, 0.717) is 28.9 Å². The van der Waals surface area contributed by atoms with Crippen molar-refractivity contribution in [3.8, 4) is 0 Å². The third-order valence-electron chi connectivity index (χ3n) is 6.39. The molecule has 0 atom stereocenters. The molecule has 0 radical (unpaired) electrons. The molecule has 180 valence electrons. The first-order valence-corrected chi connectivity index (χ1v) is 12.1. The number of hydrogen-bond acceptors (Lipinski definition) is 2. The fraction of sp³-hybridized carbons (Fsp3) is 0.290. The van der Waals surface area contributed by atoms with Crippen molar-refractivity contribution in [1.29, 1.82) is 0 Å². The average molecular weight is 467 g/mol. The average Bonchev–Trinajstić information content (AvgIpc) is 3.47. The Morgan fingerprint density at radius 3 is 1.20 bits per heavy atom. The van der Waals surface area contributed by atoms with E-state index in [1.165, 1.54) is 11.1 Å². The molecule has 4 rings (SSSR count). The van der Waals surface area contributed by atoms with Gasteiger partial charge in [-0.2, -0.15) is 0 Å². The van der Waals surface area contributed by atoms with E-state index in [1.54, 1.807) is 0 Å². The Hall–Kier alpha value is -3.66. The summed E-state index contributed by atoms with van der Waals surface area (Å²) in [5.41, 5.74) is 6.77. The molecule has 0 spiro atoms. The molecule has 2 aromatic carbocycles. The standard InChI is InChI=1S/C31H34N2O2/c1-30(2,3)22-11-7-20(8-12-22)28(34)26-17-15-24(32-26)19-25-16-18-27(33-25)29(35)21-9-13-23(14-10-21)31(4,5)6/h7-18,32-33H,19H2,1-6H3. The van der Waals surface area contributed by atoms with Crippen molar-refractivity contribution < 1.29 is 9.59 Å². The fourth-order valence-corrected chi connectivity index (χ4v) is 4.11. The van der Waals surface area contributed by atoms with Gasteiger partial charge in [0.1, 0.15) is 0 Å². The van der Waals surface area contributed by atoms with Crippen molar-refractivity contribution in [2.24, 2.45) is 0 Å². The number of aromatic nitrogens is 2. The minimum atomic E-state index is -0.0298. The Bertz CT molecular complexity index is 1230. The molecule has 2 aromatic heterocycles. The maximum atomic E-state index is 12.9. The quantitative estimate of drug-likeness (QED) is 0.301. The molecule has 0 aliphatic heterocycles. The molecule has 4 aromatic rings. The highest BCUT2D eigenvalue weighted by Gasteiger charge is 2.18. The van der Waals surface area contributed by atoms with Crippen LogP contribution in [0.5, 0.6) is 0 Å². The Balaban J connectivity index is 1.43. The van der Waals surface area contributed by atoms with Gasteiger partial charge >= 0.3 is 0 Å². The lowest BCUT2D eigenvalue weighted by atomic mass is 9.86. The third-order valence-corrected chi connectivity index (χ3v) is 6.39. The SMILES string of the molecule is CC(C)(C)c1ccc(C(=O)c2ccc(Cc3ccc(C(=O)c4ccc(C(C)(C)C)cc4)[nH]3)[nH]2)cc1. The van der Waals surface area contributed by atoms with Gasteiger partial charge in [-0.15, -0.1) is 0 Å². The number of ketones is 2. The van der Waals surface area contributed by atoms with Crippen molar-refractivity contribution in [2.45, 2.75) is 58.8 Å². The van der Waals surface area contributed by atoms with Gasteiger partial charge in [0.05, 0.1) is 11.4 Å². The zero-order chi connectivity index (χ0) is 25.4. The predicted molar refractivity (Wildman–Crippen MR) is 142 cm³/mol. The third kappa shape index (κ3) is 5.54. The molecule has 2 heterocycles. The highest BCUT2D eigenvalue weighted by Crippen LogP contribution is 2.24. The molecule has 4 nitrogen and oxygen atoms in total. The Kier molecular flexibility index (Phi) is 6.42. The molecule has 0 bridgehead atoms. The van der Waals surface area contributed by atoms with Crippen LogP contribution in [-0.4, -0.2) is 21.5 Å². The molecule has 0 fully saturated rings. The normalized spacial score (nSPS) is 12.1. The van der Waals surface area contributed by atoms with Crippen LogP contribution in [0.4, 0.5) is 0 Å². The van der Waals surface area contributed by atoms with Gasteiger partial charge in [-0.05, 0) is 46.2 Å². The number of hydrogen-bond donors (Lipinski definition) is 2. The largest absolute Gasteiger partial charge is 0.355 e. The monoisotopic (exact) mass is 466 g/mol. The summed E-state index contributed by atoms with van der Waals surface area (Å²) in [6.07, 6.45) is 0.576. The molecular formula is C31H34N2O2. The minimum absolute atomic E-state index is 0.0298. The summed E-state index contributed by atoms with van der Waals surface area (Å²) in [7, 11) is 0. The first-order valence-electron chi connectivity index (χ1n) is 12.1. The molecular weight excluding hydrogens is 432 g/mol. The second-order valence-electron chi connectivity index (χ2n) is 11.3. The number of carbonyl (C=O) groups excluding carboxylic acids is 2. The molecule has 0 aliphatic rings. The van der Waals surface area contributed by atoms with Crippen LogP contribution >= 0.6 is 0 Å². The summed E-state index contributed by atoms with van der Waals surface area (Å²) in [6, 6.07) is 23.1. The summed E-state index contributed by atoms with van der Waals surface area (Å²) in [5, 5.41) is 0. The predicted octanol–water partition coefficient (Wildman–Crippen LogP) is 6.99.